The van der Waals surface area contributed by atoms with E-state index in [0.717, 1.165) is 29.8 Å². The van der Waals surface area contributed by atoms with E-state index in [0.29, 0.717) is 61.0 Å². The Labute approximate surface area is 213 Å². The summed E-state index contributed by atoms with van der Waals surface area (Å²) in [6, 6.07) is 10.9. The molecule has 0 saturated carbocycles. The van der Waals surface area contributed by atoms with Crippen molar-refractivity contribution in [2.45, 2.75) is 30.7 Å². The molecule has 0 saturated heterocycles. The summed E-state index contributed by atoms with van der Waals surface area (Å²) in [4.78, 5) is 2.51. The lowest BCUT2D eigenvalue weighted by molar-refractivity contribution is 0.0172. The predicted molar refractivity (Wildman–Crippen MR) is 136 cm³/mol. The number of ether oxygens (including phenoxy) is 3. The van der Waals surface area contributed by atoms with E-state index in [1.807, 2.05) is 26.1 Å². The number of nitrogens with zero attached hydrogens (tertiary/aromatic N) is 1. The van der Waals surface area contributed by atoms with Crippen LogP contribution in [-0.4, -0.2) is 72.3 Å². The minimum Gasteiger partial charge on any atom is -0.379 e. The molecule has 1 atom stereocenters. The minimum atomic E-state index is -3.43. The monoisotopic (exact) mass is 529 g/mol. The van der Waals surface area contributed by atoms with Gasteiger partial charge in [0.1, 0.15) is 0 Å². The van der Waals surface area contributed by atoms with Crippen molar-refractivity contribution in [3.05, 3.63) is 63.1 Å². The molecular weight excluding hydrogens is 497 g/mol. The lowest BCUT2D eigenvalue weighted by Gasteiger charge is -2.33. The highest BCUT2D eigenvalue weighted by Crippen LogP contribution is 2.38. The third-order valence-corrected chi connectivity index (χ3v) is 8.12. The van der Waals surface area contributed by atoms with Gasteiger partial charge in [-0.3, -0.25) is 0 Å². The fraction of sp³-hybridized carbons (Fsp3) is 0.520. The Morgan fingerprint density at radius 3 is 2.44 bits per heavy atom. The number of rotatable bonds is 13. The highest BCUT2D eigenvalue weighted by Gasteiger charge is 2.28. The first-order valence-corrected chi connectivity index (χ1v) is 13.9. The lowest BCUT2D eigenvalue weighted by Crippen LogP contribution is -2.31. The number of halogens is 2. The van der Waals surface area contributed by atoms with E-state index in [9.17, 15) is 8.42 Å². The Hall–Kier alpha value is -1.19. The minimum absolute atomic E-state index is 0.00819. The van der Waals surface area contributed by atoms with Gasteiger partial charge in [-0.2, -0.15) is 0 Å². The van der Waals surface area contributed by atoms with Gasteiger partial charge >= 0.3 is 0 Å². The third-order valence-electron chi connectivity index (χ3n) is 5.76. The van der Waals surface area contributed by atoms with Gasteiger partial charge in [0.25, 0.3) is 0 Å². The number of benzene rings is 2. The summed E-state index contributed by atoms with van der Waals surface area (Å²) < 4.78 is 42.0. The summed E-state index contributed by atoms with van der Waals surface area (Å²) in [5, 5.41) is 1.23. The summed E-state index contributed by atoms with van der Waals surface area (Å²) in [6.07, 6.45) is 0.422. The van der Waals surface area contributed by atoms with E-state index in [1.54, 1.807) is 24.3 Å². The van der Waals surface area contributed by atoms with Crippen molar-refractivity contribution in [1.29, 1.82) is 0 Å². The summed E-state index contributed by atoms with van der Waals surface area (Å²) in [5.41, 5.74) is 3.03. The molecule has 0 spiro atoms. The average Bonchev–Trinajstić information content (AvgIpc) is 2.80. The second-order valence-corrected chi connectivity index (χ2v) is 11.3. The van der Waals surface area contributed by atoms with Crippen LogP contribution in [0, 0.1) is 0 Å². The van der Waals surface area contributed by atoms with Gasteiger partial charge in [-0.05, 0) is 61.3 Å². The van der Waals surface area contributed by atoms with Crippen LogP contribution in [0.3, 0.4) is 0 Å². The summed E-state index contributed by atoms with van der Waals surface area (Å²) in [5.74, 6) is 0.0201. The standard InChI is InChI=1S/C25H33Cl2NO5S/c1-3-31-9-10-33-12-11-32-8-5-13-34(29,30)21-7-4-6-19(14-21)23-17-28(2)18-24-22(23)15-20(26)16-25(24)27/h4,6-7,14-16,23H,3,5,8-13,17-18H2,1-2H3/t23-/m0/s1. The summed E-state index contributed by atoms with van der Waals surface area (Å²) >= 11 is 12.8. The molecular formula is C25H33Cl2NO5S. The van der Waals surface area contributed by atoms with E-state index in [-0.39, 0.29) is 11.7 Å². The molecule has 0 bridgehead atoms. The van der Waals surface area contributed by atoms with Crippen LogP contribution in [0.25, 0.3) is 0 Å². The summed E-state index contributed by atoms with van der Waals surface area (Å²) in [6.45, 7) is 6.46. The van der Waals surface area contributed by atoms with Crippen molar-refractivity contribution >= 4 is 33.0 Å². The topological polar surface area (TPSA) is 65.1 Å². The van der Waals surface area contributed by atoms with E-state index in [1.165, 1.54) is 0 Å². The molecule has 0 radical (unpaired) electrons. The van der Waals surface area contributed by atoms with E-state index in [2.05, 4.69) is 4.90 Å². The molecule has 188 valence electrons. The molecule has 0 unspecified atom stereocenters. The number of hydrogen-bond acceptors (Lipinski definition) is 6. The van der Waals surface area contributed by atoms with Gasteiger partial charge in [0, 0.05) is 42.3 Å². The molecule has 0 fully saturated rings. The maximum atomic E-state index is 13.0. The van der Waals surface area contributed by atoms with Gasteiger partial charge < -0.3 is 19.1 Å². The van der Waals surface area contributed by atoms with Crippen molar-refractivity contribution in [2.75, 3.05) is 59.0 Å². The average molecular weight is 531 g/mol. The molecule has 2 aromatic rings. The van der Waals surface area contributed by atoms with Crippen LogP contribution in [-0.2, 0) is 30.6 Å². The van der Waals surface area contributed by atoms with Gasteiger partial charge in [-0.15, -0.1) is 0 Å². The Morgan fingerprint density at radius 1 is 1.00 bits per heavy atom. The summed E-state index contributed by atoms with van der Waals surface area (Å²) in [7, 11) is -1.40. The van der Waals surface area contributed by atoms with Crippen LogP contribution >= 0.6 is 23.2 Å². The molecule has 1 aliphatic rings. The lowest BCUT2D eigenvalue weighted by atomic mass is 9.85. The van der Waals surface area contributed by atoms with Gasteiger partial charge in [-0.25, -0.2) is 8.42 Å². The molecule has 6 nitrogen and oxygen atoms in total. The largest absolute Gasteiger partial charge is 0.379 e. The number of sulfone groups is 1. The van der Waals surface area contributed by atoms with E-state index < -0.39 is 9.84 Å². The molecule has 1 aliphatic heterocycles. The zero-order chi connectivity index (χ0) is 24.6. The molecule has 34 heavy (non-hydrogen) atoms. The molecule has 3 rings (SSSR count). The molecule has 0 N–H and O–H groups in total. The highest BCUT2D eigenvalue weighted by atomic mass is 35.5. The van der Waals surface area contributed by atoms with Crippen molar-refractivity contribution < 1.29 is 22.6 Å². The molecule has 2 aromatic carbocycles. The molecule has 9 heteroatoms. The van der Waals surface area contributed by atoms with Crippen molar-refractivity contribution in [3.63, 3.8) is 0 Å². The highest BCUT2D eigenvalue weighted by molar-refractivity contribution is 7.91. The fourth-order valence-electron chi connectivity index (χ4n) is 4.11. The molecule has 0 aromatic heterocycles. The van der Waals surface area contributed by atoms with Gasteiger partial charge in [0.15, 0.2) is 9.84 Å². The second kappa shape index (κ2) is 13.2. The van der Waals surface area contributed by atoms with E-state index in [4.69, 9.17) is 37.4 Å². The quantitative estimate of drug-likeness (QED) is 0.347. The van der Waals surface area contributed by atoms with Crippen molar-refractivity contribution in [1.82, 2.24) is 4.90 Å². The Bertz CT molecular complexity index is 1050. The van der Waals surface area contributed by atoms with Crippen LogP contribution in [0.15, 0.2) is 41.3 Å². The maximum absolute atomic E-state index is 13.0. The molecule has 1 heterocycles. The van der Waals surface area contributed by atoms with Crippen molar-refractivity contribution in [3.8, 4) is 0 Å². The number of likely N-dealkylation sites (N-methyl/N-ethyl adjacent to an activating group) is 1. The smallest absolute Gasteiger partial charge is 0.178 e. The first-order valence-electron chi connectivity index (χ1n) is 11.5. The zero-order valence-corrected chi connectivity index (χ0v) is 22.1. The number of hydrogen-bond donors (Lipinski definition) is 0. The van der Waals surface area contributed by atoms with Crippen LogP contribution in [0.2, 0.25) is 10.0 Å². The number of fused-ring (bicyclic) bond motifs is 1. The van der Waals surface area contributed by atoms with Gasteiger partial charge in [0.05, 0.1) is 37.1 Å². The molecule has 0 aliphatic carbocycles. The second-order valence-electron chi connectivity index (χ2n) is 8.37. The maximum Gasteiger partial charge on any atom is 0.178 e. The van der Waals surface area contributed by atoms with Gasteiger partial charge in [-0.1, -0.05) is 35.3 Å². The predicted octanol–water partition coefficient (Wildman–Crippen LogP) is 4.80. The zero-order valence-electron chi connectivity index (χ0n) is 19.8. The third kappa shape index (κ3) is 7.65. The van der Waals surface area contributed by atoms with Crippen LogP contribution in [0.1, 0.15) is 36.0 Å². The van der Waals surface area contributed by atoms with Crippen LogP contribution < -0.4 is 0 Å². The van der Waals surface area contributed by atoms with Crippen molar-refractivity contribution in [2.24, 2.45) is 0 Å². The normalized spacial score (nSPS) is 16.5. The Morgan fingerprint density at radius 2 is 1.71 bits per heavy atom. The van der Waals surface area contributed by atoms with Crippen LogP contribution in [0.5, 0.6) is 0 Å². The Kier molecular flexibility index (Phi) is 10.6. The van der Waals surface area contributed by atoms with Crippen LogP contribution in [0.4, 0.5) is 0 Å². The SMILES string of the molecule is CCOCCOCCOCCCS(=O)(=O)c1cccc([C@@H]2CN(C)Cc3c(Cl)cc(Cl)cc32)c1. The molecule has 0 amide bonds. The Balaban J connectivity index is 1.59. The fourth-order valence-corrected chi connectivity index (χ4v) is 6.01. The van der Waals surface area contributed by atoms with E-state index >= 15 is 0 Å². The first kappa shape index (κ1) is 27.4. The van der Waals surface area contributed by atoms with Gasteiger partial charge in [0.2, 0.25) is 0 Å². The first-order chi connectivity index (χ1) is 16.3.